The van der Waals surface area contributed by atoms with Crippen molar-refractivity contribution >= 4 is 0 Å². The second kappa shape index (κ2) is 3.96. The summed E-state index contributed by atoms with van der Waals surface area (Å²) in [7, 11) is 4.64. The van der Waals surface area contributed by atoms with E-state index in [2.05, 4.69) is 11.8 Å². The van der Waals surface area contributed by atoms with Gasteiger partial charge in [0.2, 0.25) is 0 Å². The summed E-state index contributed by atoms with van der Waals surface area (Å²) in [5.41, 5.74) is 0. The topological polar surface area (TPSA) is 9.23 Å². The highest BCUT2D eigenvalue weighted by Gasteiger charge is 1.66. The molecule has 0 aromatic carbocycles. The summed E-state index contributed by atoms with van der Waals surface area (Å²) in [6.07, 6.45) is 0.997. The van der Waals surface area contributed by atoms with Crippen LogP contribution in [0, 0.1) is 7.11 Å². The Morgan fingerprint density at radius 3 is 2.40 bits per heavy atom. The van der Waals surface area contributed by atoms with Crippen LogP contribution in [0.3, 0.4) is 0 Å². The van der Waals surface area contributed by atoms with Gasteiger partial charge in [0.1, 0.15) is 7.11 Å². The minimum absolute atomic E-state index is 0.667. The second-order valence-electron chi connectivity index (χ2n) is 0.871. The van der Waals surface area contributed by atoms with E-state index in [1.54, 1.807) is 0 Å². The van der Waals surface area contributed by atoms with Gasteiger partial charge in [0.15, 0.2) is 0 Å². The van der Waals surface area contributed by atoms with E-state index < -0.39 is 0 Å². The normalized spacial score (nSPS) is 8.40. The third kappa shape index (κ3) is 3.96. The SMILES string of the molecule is [CH]OCCC. The Bertz CT molecular complexity index is 11.1. The first-order chi connectivity index (χ1) is 2.41. The molecule has 0 aliphatic heterocycles. The summed E-state index contributed by atoms with van der Waals surface area (Å²) in [5, 5.41) is 0. The third-order valence-corrected chi connectivity index (χ3v) is 0.322. The first kappa shape index (κ1) is 4.96. The van der Waals surface area contributed by atoms with Crippen LogP contribution in [-0.2, 0) is 4.74 Å². The second-order valence-corrected chi connectivity index (χ2v) is 0.871. The molecule has 0 aromatic rings. The summed E-state index contributed by atoms with van der Waals surface area (Å²) < 4.78 is 4.19. The van der Waals surface area contributed by atoms with Crippen molar-refractivity contribution in [1.82, 2.24) is 0 Å². The molecule has 0 atom stereocenters. The monoisotopic (exact) mass is 72.1 g/mol. The lowest BCUT2D eigenvalue weighted by Gasteiger charge is -1.83. The molecule has 0 fully saturated rings. The lowest BCUT2D eigenvalue weighted by atomic mass is 10.5. The maximum Gasteiger partial charge on any atom is 0.115 e. The molecule has 1 heteroatoms. The minimum Gasteiger partial charge on any atom is -0.373 e. The Morgan fingerprint density at radius 1 is 1.80 bits per heavy atom. The van der Waals surface area contributed by atoms with Crippen molar-refractivity contribution in [2.24, 2.45) is 0 Å². The maximum absolute atomic E-state index is 4.64. The van der Waals surface area contributed by atoms with E-state index in [0.29, 0.717) is 6.61 Å². The quantitative estimate of drug-likeness (QED) is 0.474. The highest BCUT2D eigenvalue weighted by atomic mass is 16.5. The Labute approximate surface area is 32.9 Å². The Kier molecular flexibility index (Phi) is 3.93. The fourth-order valence-electron chi connectivity index (χ4n) is 0.118. The molecule has 0 saturated carbocycles. The standard InChI is InChI=1S/C4H8O/c1-3-4-5-2/h2H,3-4H2,1H3. The van der Waals surface area contributed by atoms with E-state index in [0.717, 1.165) is 6.42 Å². The molecule has 30 valence electrons. The van der Waals surface area contributed by atoms with Gasteiger partial charge >= 0.3 is 0 Å². The third-order valence-electron chi connectivity index (χ3n) is 0.322. The summed E-state index contributed by atoms with van der Waals surface area (Å²) in [6.45, 7) is 2.67. The van der Waals surface area contributed by atoms with E-state index in [1.807, 2.05) is 6.92 Å². The van der Waals surface area contributed by atoms with E-state index >= 15 is 0 Å². The van der Waals surface area contributed by atoms with Gasteiger partial charge in [-0.05, 0) is 6.42 Å². The van der Waals surface area contributed by atoms with Crippen molar-refractivity contribution in [2.45, 2.75) is 13.3 Å². The van der Waals surface area contributed by atoms with Gasteiger partial charge < -0.3 is 4.74 Å². The summed E-state index contributed by atoms with van der Waals surface area (Å²) >= 11 is 0. The summed E-state index contributed by atoms with van der Waals surface area (Å²) in [5.74, 6) is 0. The Morgan fingerprint density at radius 2 is 2.40 bits per heavy atom. The fourth-order valence-corrected chi connectivity index (χ4v) is 0.118. The zero-order valence-corrected chi connectivity index (χ0v) is 3.40. The van der Waals surface area contributed by atoms with E-state index in [-0.39, 0.29) is 0 Å². The first-order valence-electron chi connectivity index (χ1n) is 1.73. The summed E-state index contributed by atoms with van der Waals surface area (Å²) in [4.78, 5) is 0. The molecule has 2 radical (unpaired) electrons. The smallest absolute Gasteiger partial charge is 0.115 e. The number of rotatable bonds is 2. The Hall–Kier alpha value is -0.0400. The van der Waals surface area contributed by atoms with Gasteiger partial charge in [-0.1, -0.05) is 6.92 Å². The van der Waals surface area contributed by atoms with Crippen LogP contribution >= 0.6 is 0 Å². The molecule has 0 aromatic heterocycles. The molecule has 0 amide bonds. The lowest BCUT2D eigenvalue weighted by Crippen LogP contribution is -1.77. The molecule has 0 heterocycles. The highest BCUT2D eigenvalue weighted by molar-refractivity contribution is 4.18. The van der Waals surface area contributed by atoms with Crippen molar-refractivity contribution in [3.63, 3.8) is 0 Å². The number of ether oxygens (including phenoxy) is 1. The van der Waals surface area contributed by atoms with Crippen molar-refractivity contribution in [3.8, 4) is 0 Å². The Balaban J connectivity index is 2.19. The van der Waals surface area contributed by atoms with E-state index in [4.69, 9.17) is 0 Å². The first-order valence-corrected chi connectivity index (χ1v) is 1.73. The molecule has 0 aliphatic rings. The van der Waals surface area contributed by atoms with E-state index in [1.165, 1.54) is 0 Å². The fraction of sp³-hybridized carbons (Fsp3) is 0.750. The number of hydrogen-bond donors (Lipinski definition) is 0. The van der Waals surface area contributed by atoms with Crippen LogP contribution in [0.15, 0.2) is 0 Å². The summed E-state index contributed by atoms with van der Waals surface area (Å²) in [6, 6.07) is 0. The van der Waals surface area contributed by atoms with Crippen LogP contribution in [0.25, 0.3) is 0 Å². The maximum atomic E-state index is 4.64. The molecule has 0 spiro atoms. The van der Waals surface area contributed by atoms with Gasteiger partial charge in [-0.2, -0.15) is 0 Å². The van der Waals surface area contributed by atoms with Crippen molar-refractivity contribution in [2.75, 3.05) is 6.61 Å². The molecule has 0 unspecified atom stereocenters. The van der Waals surface area contributed by atoms with Gasteiger partial charge in [0, 0.05) is 6.61 Å². The number of hydrogen-bond acceptors (Lipinski definition) is 1. The van der Waals surface area contributed by atoms with E-state index in [9.17, 15) is 0 Å². The largest absolute Gasteiger partial charge is 0.373 e. The van der Waals surface area contributed by atoms with Crippen LogP contribution in [0.5, 0.6) is 0 Å². The van der Waals surface area contributed by atoms with Gasteiger partial charge in [0.05, 0.1) is 0 Å². The van der Waals surface area contributed by atoms with Crippen molar-refractivity contribution in [1.29, 1.82) is 0 Å². The molecule has 0 N–H and O–H groups in total. The van der Waals surface area contributed by atoms with Crippen LogP contribution in [-0.4, -0.2) is 6.61 Å². The molecular formula is C4H8O. The average Bonchev–Trinajstić information content (AvgIpc) is 1.41. The predicted octanol–water partition coefficient (Wildman–Crippen LogP) is 1.08. The predicted molar refractivity (Wildman–Crippen MR) is 20.5 cm³/mol. The van der Waals surface area contributed by atoms with Crippen LogP contribution in [0.4, 0.5) is 0 Å². The van der Waals surface area contributed by atoms with Gasteiger partial charge in [-0.25, -0.2) is 0 Å². The zero-order valence-electron chi connectivity index (χ0n) is 3.40. The molecule has 1 nitrogen and oxygen atoms in total. The highest BCUT2D eigenvalue weighted by Crippen LogP contribution is 1.72. The van der Waals surface area contributed by atoms with Crippen LogP contribution in [0.2, 0.25) is 0 Å². The van der Waals surface area contributed by atoms with Gasteiger partial charge in [-0.3, -0.25) is 0 Å². The zero-order chi connectivity index (χ0) is 4.12. The van der Waals surface area contributed by atoms with Gasteiger partial charge in [0.25, 0.3) is 0 Å². The average molecular weight is 72.1 g/mol. The minimum atomic E-state index is 0.667. The molecule has 0 bridgehead atoms. The molecular weight excluding hydrogens is 64.0 g/mol. The molecule has 0 rings (SSSR count). The van der Waals surface area contributed by atoms with Gasteiger partial charge in [-0.15, -0.1) is 0 Å². The van der Waals surface area contributed by atoms with Crippen molar-refractivity contribution < 1.29 is 4.74 Å². The van der Waals surface area contributed by atoms with Crippen molar-refractivity contribution in [3.05, 3.63) is 7.11 Å². The molecule has 0 aliphatic carbocycles. The molecule has 0 saturated heterocycles. The molecule has 5 heavy (non-hydrogen) atoms. The van der Waals surface area contributed by atoms with Crippen LogP contribution < -0.4 is 0 Å². The lowest BCUT2D eigenvalue weighted by molar-refractivity contribution is 0.242. The van der Waals surface area contributed by atoms with Crippen LogP contribution in [0.1, 0.15) is 13.3 Å².